The molecule has 0 amide bonds. The summed E-state index contributed by atoms with van der Waals surface area (Å²) in [7, 11) is 0. The van der Waals surface area contributed by atoms with Gasteiger partial charge in [-0.3, -0.25) is 4.90 Å². The van der Waals surface area contributed by atoms with Crippen LogP contribution in [0.3, 0.4) is 0 Å². The molecule has 2 bridgehead atoms. The summed E-state index contributed by atoms with van der Waals surface area (Å²) in [6, 6.07) is 56.0. The Balaban J connectivity index is 1.19. The fourth-order valence-electron chi connectivity index (χ4n) is 14.1. The van der Waals surface area contributed by atoms with Crippen LogP contribution < -0.4 is 31.1 Å². The van der Waals surface area contributed by atoms with Gasteiger partial charge in [-0.15, -0.1) is 0 Å². The first kappa shape index (κ1) is 45.4. The summed E-state index contributed by atoms with van der Waals surface area (Å²) in [6.07, 6.45) is 5.96. The van der Waals surface area contributed by atoms with Crippen molar-refractivity contribution in [1.82, 2.24) is 0 Å². The second-order valence-corrected chi connectivity index (χ2v) is 26.3. The number of hydrogen-bond donors (Lipinski definition) is 0. The molecule has 13 rings (SSSR count). The Kier molecular flexibility index (Phi) is 9.50. The third-order valence-corrected chi connectivity index (χ3v) is 18.4. The van der Waals surface area contributed by atoms with Gasteiger partial charge in [0.1, 0.15) is 5.58 Å². The lowest BCUT2D eigenvalue weighted by Gasteiger charge is -2.47. The van der Waals surface area contributed by atoms with Gasteiger partial charge in [-0.2, -0.15) is 0 Å². The van der Waals surface area contributed by atoms with Gasteiger partial charge in [-0.05, 0) is 188 Å². The molecule has 0 radical (unpaired) electrons. The summed E-state index contributed by atoms with van der Waals surface area (Å²) in [6.45, 7) is 28.7. The minimum Gasteiger partial charge on any atom is -0.440 e. The average Bonchev–Trinajstić information content (AvgIpc) is 3.96. The van der Waals surface area contributed by atoms with Crippen LogP contribution in [0.25, 0.3) is 11.0 Å². The predicted octanol–water partition coefficient (Wildman–Crippen LogP) is 16.6. The van der Waals surface area contributed by atoms with E-state index in [1.165, 1.54) is 91.5 Å². The van der Waals surface area contributed by atoms with Crippen molar-refractivity contribution in [2.24, 2.45) is 0 Å². The molecule has 0 spiro atoms. The molecule has 5 heteroatoms. The number of benzene rings is 7. The largest absolute Gasteiger partial charge is 0.440 e. The molecule has 2 unspecified atom stereocenters. The van der Waals surface area contributed by atoms with Gasteiger partial charge in [0.05, 0.1) is 5.69 Å². The van der Waals surface area contributed by atoms with Gasteiger partial charge < -0.3 is 14.2 Å². The Bertz CT molecular complexity index is 3460. The van der Waals surface area contributed by atoms with Crippen LogP contribution in [-0.2, 0) is 32.5 Å². The van der Waals surface area contributed by atoms with Gasteiger partial charge in [-0.1, -0.05) is 150 Å². The Morgan fingerprint density at radius 2 is 0.958 bits per heavy atom. The molecule has 5 aliphatic rings. The van der Waals surface area contributed by atoms with Crippen molar-refractivity contribution in [3.8, 4) is 0 Å². The molecule has 1 saturated carbocycles. The standard InChI is InChI=1S/C67H70BN3O/c1-62(2,3)42-23-27-46(28-24-42)70-55-39-51-50(64(7,8)31-32-65(51,9)10)38-54(55)68-59-49-37-52-53(67(12)34-33-66(52,11)41-67)40-58(49)72-61(59)71(47-29-25-43(26-30-47)63(4,5)6)57-36-48(35-56(70)60(57)68)69(44-19-15-13-16-20-44)45-21-17-14-18-22-45/h13-30,35-40H,31-34,41H2,1-12H3. The zero-order valence-corrected chi connectivity index (χ0v) is 44.7. The first-order chi connectivity index (χ1) is 34.1. The van der Waals surface area contributed by atoms with Crippen molar-refractivity contribution in [3.05, 3.63) is 179 Å². The minimum absolute atomic E-state index is 0.00135. The van der Waals surface area contributed by atoms with Gasteiger partial charge in [0, 0.05) is 50.7 Å². The van der Waals surface area contributed by atoms with E-state index in [0.717, 1.165) is 52.7 Å². The SMILES string of the molecule is CC(C)(C)c1ccc(N2c3cc4c(cc3B3c5c2cc(N(c2ccccc2)c2ccccc2)cc5N(c2ccc(C(C)(C)C)cc2)c2oc5cc6c(cc5c23)C2(C)CCC6(C)C2)C(C)(C)CCC4(C)C)cc1. The molecule has 362 valence electrons. The van der Waals surface area contributed by atoms with Crippen LogP contribution in [0.4, 0.5) is 51.4 Å². The molecular formula is C67H70BN3O. The number of nitrogens with zero attached hydrogens (tertiary/aromatic N) is 3. The minimum atomic E-state index is -0.0985. The summed E-state index contributed by atoms with van der Waals surface area (Å²) in [4.78, 5) is 7.58. The van der Waals surface area contributed by atoms with E-state index >= 15 is 0 Å². The number of rotatable bonds is 5. The van der Waals surface area contributed by atoms with Gasteiger partial charge in [0.2, 0.25) is 5.88 Å². The molecule has 0 N–H and O–H groups in total. The van der Waals surface area contributed by atoms with Gasteiger partial charge >= 0.3 is 0 Å². The number of hydrogen-bond acceptors (Lipinski definition) is 4. The Hall–Kier alpha value is -6.46. The van der Waals surface area contributed by atoms with Crippen LogP contribution >= 0.6 is 0 Å². The fraction of sp³-hybridized carbons (Fsp3) is 0.343. The molecule has 1 aromatic heterocycles. The molecule has 2 atom stereocenters. The maximum Gasteiger partial charge on any atom is 0.257 e. The number of anilines is 9. The van der Waals surface area contributed by atoms with Crippen molar-refractivity contribution in [2.45, 2.75) is 148 Å². The van der Waals surface area contributed by atoms with Crippen LogP contribution in [0.2, 0.25) is 0 Å². The summed E-state index contributed by atoms with van der Waals surface area (Å²) in [5, 5.41) is 1.25. The zero-order chi connectivity index (χ0) is 50.1. The van der Waals surface area contributed by atoms with Gasteiger partial charge in [0.25, 0.3) is 6.71 Å². The van der Waals surface area contributed by atoms with E-state index in [2.05, 4.69) is 243 Å². The summed E-state index contributed by atoms with van der Waals surface area (Å²) in [5.74, 6) is 0.928. The molecule has 3 heterocycles. The van der Waals surface area contributed by atoms with Crippen LogP contribution in [0.1, 0.15) is 149 Å². The van der Waals surface area contributed by atoms with Crippen molar-refractivity contribution in [1.29, 1.82) is 0 Å². The van der Waals surface area contributed by atoms with E-state index in [0.29, 0.717) is 0 Å². The first-order valence-corrected chi connectivity index (χ1v) is 26.8. The molecule has 0 saturated heterocycles. The fourth-order valence-corrected chi connectivity index (χ4v) is 14.1. The Labute approximate surface area is 429 Å². The van der Waals surface area contributed by atoms with E-state index in [-0.39, 0.29) is 39.2 Å². The third kappa shape index (κ3) is 6.64. The van der Waals surface area contributed by atoms with Crippen LogP contribution in [0.5, 0.6) is 0 Å². The predicted molar refractivity (Wildman–Crippen MR) is 306 cm³/mol. The topological polar surface area (TPSA) is 22.9 Å². The third-order valence-electron chi connectivity index (χ3n) is 18.4. The van der Waals surface area contributed by atoms with E-state index in [9.17, 15) is 0 Å². The first-order valence-electron chi connectivity index (χ1n) is 26.8. The maximum atomic E-state index is 7.65. The molecule has 1 fully saturated rings. The van der Waals surface area contributed by atoms with Crippen molar-refractivity contribution in [3.63, 3.8) is 0 Å². The van der Waals surface area contributed by atoms with E-state index in [1.54, 1.807) is 0 Å². The molecule has 72 heavy (non-hydrogen) atoms. The van der Waals surface area contributed by atoms with Crippen LogP contribution in [0, 0.1) is 0 Å². The highest BCUT2D eigenvalue weighted by molar-refractivity contribution is 7.01. The molecule has 3 aliphatic carbocycles. The molecule has 2 aliphatic heterocycles. The van der Waals surface area contributed by atoms with E-state index < -0.39 is 0 Å². The van der Waals surface area contributed by atoms with E-state index in [1.807, 2.05) is 0 Å². The summed E-state index contributed by atoms with van der Waals surface area (Å²) in [5.41, 5.74) is 23.1. The van der Waals surface area contributed by atoms with Crippen molar-refractivity contribution in [2.75, 3.05) is 14.7 Å². The van der Waals surface area contributed by atoms with Gasteiger partial charge in [0.15, 0.2) is 0 Å². The second-order valence-electron chi connectivity index (χ2n) is 26.3. The number of furan rings is 1. The average molecular weight is 944 g/mol. The lowest BCUT2D eigenvalue weighted by Crippen LogP contribution is -2.61. The molecule has 4 nitrogen and oxygen atoms in total. The van der Waals surface area contributed by atoms with Crippen molar-refractivity contribution >= 4 is 85.5 Å². The zero-order valence-electron chi connectivity index (χ0n) is 44.7. The van der Waals surface area contributed by atoms with Crippen molar-refractivity contribution < 1.29 is 4.42 Å². The second kappa shape index (κ2) is 15.1. The number of fused-ring (bicyclic) bond motifs is 12. The molecular weight excluding hydrogens is 874 g/mol. The highest BCUT2D eigenvalue weighted by Crippen LogP contribution is 2.62. The molecule has 8 aromatic rings. The number of para-hydroxylation sites is 2. The molecule has 7 aromatic carbocycles. The highest BCUT2D eigenvalue weighted by Gasteiger charge is 2.54. The lowest BCUT2D eigenvalue weighted by atomic mass is 9.33. The van der Waals surface area contributed by atoms with E-state index in [4.69, 9.17) is 4.42 Å². The lowest BCUT2D eigenvalue weighted by molar-refractivity contribution is 0.332. The van der Waals surface area contributed by atoms with Gasteiger partial charge in [-0.25, -0.2) is 0 Å². The Morgan fingerprint density at radius 3 is 1.49 bits per heavy atom. The van der Waals surface area contributed by atoms with Crippen LogP contribution in [0.15, 0.2) is 150 Å². The van der Waals surface area contributed by atoms with Crippen LogP contribution in [-0.4, -0.2) is 6.71 Å². The monoisotopic (exact) mass is 944 g/mol. The maximum absolute atomic E-state index is 7.65. The quantitative estimate of drug-likeness (QED) is 0.160. The summed E-state index contributed by atoms with van der Waals surface area (Å²) < 4.78 is 7.65. The Morgan fingerprint density at radius 1 is 0.472 bits per heavy atom. The normalized spacial score (nSPS) is 21.0. The smallest absolute Gasteiger partial charge is 0.257 e. The summed E-state index contributed by atoms with van der Waals surface area (Å²) >= 11 is 0. The highest BCUT2D eigenvalue weighted by atomic mass is 16.4.